The van der Waals surface area contributed by atoms with Crippen LogP contribution in [0, 0.1) is 18.3 Å². The molecule has 34 heavy (non-hydrogen) atoms. The number of fused-ring (bicyclic) bond motifs is 1. The lowest BCUT2D eigenvalue weighted by atomic mass is 10.1. The Bertz CT molecular complexity index is 1200. The third-order valence-corrected chi connectivity index (χ3v) is 7.75. The summed E-state index contributed by atoms with van der Waals surface area (Å²) in [6, 6.07) is 10.4. The minimum Gasteiger partial charge on any atom is -0.338 e. The SMILES string of the molecule is Cc1ccc(-c2noc(CN3CCN(CCC(=O)Nc4sc5c(c4C#N)CCC5)CC3)n2)cc1. The van der Waals surface area contributed by atoms with E-state index in [0.29, 0.717) is 36.8 Å². The third kappa shape index (κ3) is 5.04. The van der Waals surface area contributed by atoms with Gasteiger partial charge in [-0.05, 0) is 31.7 Å². The molecule has 176 valence electrons. The van der Waals surface area contributed by atoms with Crippen LogP contribution in [0.25, 0.3) is 11.4 Å². The first-order chi connectivity index (χ1) is 16.6. The Kier molecular flexibility index (Phi) is 6.72. The Morgan fingerprint density at radius 2 is 1.94 bits per heavy atom. The Morgan fingerprint density at radius 3 is 2.71 bits per heavy atom. The fourth-order valence-electron chi connectivity index (χ4n) is 4.56. The molecule has 1 N–H and O–H groups in total. The standard InChI is InChI=1S/C25H28N6O2S/c1-17-5-7-18(8-6-17)24-28-23(33-29-24)16-31-13-11-30(12-14-31)10-9-22(32)27-25-20(15-26)19-3-2-4-21(19)34-25/h5-8H,2-4,9-14,16H2,1H3,(H,27,32). The number of aryl methyl sites for hydroxylation is 2. The van der Waals surface area contributed by atoms with Gasteiger partial charge in [-0.1, -0.05) is 35.0 Å². The highest BCUT2D eigenvalue weighted by Crippen LogP contribution is 2.38. The second kappa shape index (κ2) is 10.1. The van der Waals surface area contributed by atoms with Crippen LogP contribution in [0.4, 0.5) is 5.00 Å². The number of piperazine rings is 1. The normalized spacial score (nSPS) is 16.4. The van der Waals surface area contributed by atoms with E-state index in [1.807, 2.05) is 24.3 Å². The van der Waals surface area contributed by atoms with Gasteiger partial charge in [-0.2, -0.15) is 10.2 Å². The summed E-state index contributed by atoms with van der Waals surface area (Å²) >= 11 is 1.57. The highest BCUT2D eigenvalue weighted by molar-refractivity contribution is 7.16. The highest BCUT2D eigenvalue weighted by Gasteiger charge is 2.24. The Balaban J connectivity index is 1.06. The molecule has 1 saturated heterocycles. The zero-order valence-corrected chi connectivity index (χ0v) is 20.2. The Morgan fingerprint density at radius 1 is 1.18 bits per heavy atom. The molecular formula is C25H28N6O2S. The molecule has 1 aromatic carbocycles. The van der Waals surface area contributed by atoms with Crippen molar-refractivity contribution in [1.29, 1.82) is 5.26 Å². The number of rotatable bonds is 7. The molecule has 1 aliphatic carbocycles. The average Bonchev–Trinajstić information content (AvgIpc) is 3.56. The number of nitriles is 1. The van der Waals surface area contributed by atoms with Crippen LogP contribution in [0.3, 0.4) is 0 Å². The summed E-state index contributed by atoms with van der Waals surface area (Å²) in [6.45, 7) is 6.96. The van der Waals surface area contributed by atoms with E-state index < -0.39 is 0 Å². The number of nitrogens with one attached hydrogen (secondary N) is 1. The molecule has 2 aromatic heterocycles. The van der Waals surface area contributed by atoms with Crippen LogP contribution in [-0.4, -0.2) is 58.6 Å². The number of thiophene rings is 1. The van der Waals surface area contributed by atoms with Gasteiger partial charge >= 0.3 is 0 Å². The Labute approximate surface area is 203 Å². The van der Waals surface area contributed by atoms with Crippen molar-refractivity contribution in [3.63, 3.8) is 0 Å². The lowest BCUT2D eigenvalue weighted by Gasteiger charge is -2.33. The van der Waals surface area contributed by atoms with E-state index in [1.54, 1.807) is 11.3 Å². The zero-order chi connectivity index (χ0) is 23.5. The summed E-state index contributed by atoms with van der Waals surface area (Å²) in [5.74, 6) is 1.23. The minimum absolute atomic E-state index is 0.0200. The van der Waals surface area contributed by atoms with E-state index in [2.05, 4.69) is 38.3 Å². The van der Waals surface area contributed by atoms with Crippen LogP contribution >= 0.6 is 11.3 Å². The number of carbonyl (C=O) groups is 1. The molecule has 0 spiro atoms. The van der Waals surface area contributed by atoms with E-state index in [1.165, 1.54) is 10.4 Å². The molecule has 1 amide bonds. The first-order valence-electron chi connectivity index (χ1n) is 11.8. The zero-order valence-electron chi connectivity index (χ0n) is 19.3. The second-order valence-corrected chi connectivity index (χ2v) is 10.1. The monoisotopic (exact) mass is 476 g/mol. The second-order valence-electron chi connectivity index (χ2n) is 8.97. The summed E-state index contributed by atoms with van der Waals surface area (Å²) in [7, 11) is 0. The average molecular weight is 477 g/mol. The number of amides is 1. The molecule has 5 rings (SSSR count). The summed E-state index contributed by atoms with van der Waals surface area (Å²) in [6.07, 6.45) is 3.50. The first kappa shape index (κ1) is 22.7. The molecule has 2 aliphatic rings. The van der Waals surface area contributed by atoms with E-state index in [-0.39, 0.29) is 5.91 Å². The van der Waals surface area contributed by atoms with Crippen molar-refractivity contribution >= 4 is 22.2 Å². The molecule has 1 fully saturated rings. The van der Waals surface area contributed by atoms with Gasteiger partial charge in [-0.25, -0.2) is 0 Å². The van der Waals surface area contributed by atoms with E-state index >= 15 is 0 Å². The van der Waals surface area contributed by atoms with Crippen molar-refractivity contribution in [1.82, 2.24) is 19.9 Å². The number of anilines is 1. The Hall–Kier alpha value is -3.06. The predicted octanol–water partition coefficient (Wildman–Crippen LogP) is 3.61. The van der Waals surface area contributed by atoms with Crippen LogP contribution in [0.2, 0.25) is 0 Å². The summed E-state index contributed by atoms with van der Waals surface area (Å²) in [4.78, 5) is 22.9. The van der Waals surface area contributed by atoms with Gasteiger partial charge in [-0.15, -0.1) is 11.3 Å². The smallest absolute Gasteiger partial charge is 0.241 e. The van der Waals surface area contributed by atoms with Crippen molar-refractivity contribution in [2.24, 2.45) is 0 Å². The highest BCUT2D eigenvalue weighted by atomic mass is 32.1. The molecule has 0 radical (unpaired) electrons. The number of nitrogens with zero attached hydrogens (tertiary/aromatic N) is 5. The fraction of sp³-hybridized carbons (Fsp3) is 0.440. The number of hydrogen-bond donors (Lipinski definition) is 1. The van der Waals surface area contributed by atoms with E-state index in [9.17, 15) is 10.1 Å². The molecule has 0 atom stereocenters. The number of carbonyl (C=O) groups excluding carboxylic acids is 1. The minimum atomic E-state index is -0.0200. The predicted molar refractivity (Wildman–Crippen MR) is 130 cm³/mol. The molecule has 1 aliphatic heterocycles. The summed E-state index contributed by atoms with van der Waals surface area (Å²) < 4.78 is 5.46. The maximum Gasteiger partial charge on any atom is 0.241 e. The quantitative estimate of drug-likeness (QED) is 0.556. The van der Waals surface area contributed by atoms with Crippen LogP contribution in [0.1, 0.15) is 40.3 Å². The van der Waals surface area contributed by atoms with Crippen LogP contribution in [0.5, 0.6) is 0 Å². The number of hydrogen-bond acceptors (Lipinski definition) is 8. The third-order valence-electron chi connectivity index (χ3n) is 6.54. The molecule has 3 aromatic rings. The summed E-state index contributed by atoms with van der Waals surface area (Å²) in [5, 5.41) is 17.3. The molecule has 0 unspecified atom stereocenters. The molecule has 0 bridgehead atoms. The van der Waals surface area contributed by atoms with Gasteiger partial charge in [0, 0.05) is 49.6 Å². The van der Waals surface area contributed by atoms with Crippen molar-refractivity contribution in [2.75, 3.05) is 38.0 Å². The molecule has 9 heteroatoms. The van der Waals surface area contributed by atoms with Crippen molar-refractivity contribution in [2.45, 2.75) is 39.2 Å². The van der Waals surface area contributed by atoms with Crippen molar-refractivity contribution in [3.8, 4) is 17.5 Å². The molecular weight excluding hydrogens is 448 g/mol. The lowest BCUT2D eigenvalue weighted by Crippen LogP contribution is -2.46. The van der Waals surface area contributed by atoms with E-state index in [4.69, 9.17) is 4.52 Å². The van der Waals surface area contributed by atoms with Gasteiger partial charge in [0.25, 0.3) is 0 Å². The maximum absolute atomic E-state index is 12.5. The molecule has 0 saturated carbocycles. The van der Waals surface area contributed by atoms with E-state index in [0.717, 1.165) is 61.6 Å². The van der Waals surface area contributed by atoms with Gasteiger partial charge in [0.1, 0.15) is 11.1 Å². The van der Waals surface area contributed by atoms with Crippen LogP contribution in [-0.2, 0) is 24.2 Å². The van der Waals surface area contributed by atoms with Gasteiger partial charge in [0.2, 0.25) is 17.6 Å². The van der Waals surface area contributed by atoms with Gasteiger partial charge in [-0.3, -0.25) is 9.69 Å². The molecule has 3 heterocycles. The largest absolute Gasteiger partial charge is 0.338 e. The lowest BCUT2D eigenvalue weighted by molar-refractivity contribution is -0.116. The molecule has 8 nitrogen and oxygen atoms in total. The van der Waals surface area contributed by atoms with Crippen molar-refractivity contribution < 1.29 is 9.32 Å². The van der Waals surface area contributed by atoms with Gasteiger partial charge in [0.05, 0.1) is 12.1 Å². The van der Waals surface area contributed by atoms with Gasteiger partial charge < -0.3 is 14.7 Å². The number of benzene rings is 1. The van der Waals surface area contributed by atoms with Crippen LogP contribution < -0.4 is 5.32 Å². The van der Waals surface area contributed by atoms with Crippen LogP contribution in [0.15, 0.2) is 28.8 Å². The fourth-order valence-corrected chi connectivity index (χ4v) is 5.82. The first-order valence-corrected chi connectivity index (χ1v) is 12.6. The van der Waals surface area contributed by atoms with Crippen molar-refractivity contribution in [3.05, 3.63) is 51.7 Å². The number of aromatic nitrogens is 2. The summed E-state index contributed by atoms with van der Waals surface area (Å²) in [5.41, 5.74) is 3.97. The van der Waals surface area contributed by atoms with Gasteiger partial charge in [0.15, 0.2) is 0 Å². The topological polar surface area (TPSA) is 98.3 Å². The maximum atomic E-state index is 12.5.